The quantitative estimate of drug-likeness (QED) is 0.175. The second-order valence-electron chi connectivity index (χ2n) is 12.7. The summed E-state index contributed by atoms with van der Waals surface area (Å²) in [6, 6.07) is 17.3. The first-order chi connectivity index (χ1) is 24.6. The molecule has 1 aliphatic carbocycles. The van der Waals surface area contributed by atoms with E-state index in [1.807, 2.05) is 76.2 Å². The number of likely N-dealkylation sites (tertiary alicyclic amines) is 1. The topological polar surface area (TPSA) is 121 Å². The predicted octanol–water partition coefficient (Wildman–Crippen LogP) is 6.34. The Bertz CT molecular complexity index is 2240. The predicted molar refractivity (Wildman–Crippen MR) is 201 cm³/mol. The third kappa shape index (κ3) is 6.52. The molecule has 3 aromatic heterocycles. The van der Waals surface area contributed by atoms with Crippen LogP contribution in [0.1, 0.15) is 31.9 Å². The van der Waals surface area contributed by atoms with Crippen LogP contribution in [0.4, 0.5) is 11.5 Å². The summed E-state index contributed by atoms with van der Waals surface area (Å²) < 4.78 is 13.5. The van der Waals surface area contributed by atoms with E-state index in [1.165, 1.54) is 11.6 Å². The Morgan fingerprint density at radius 2 is 1.65 bits per heavy atom. The van der Waals surface area contributed by atoms with Crippen LogP contribution in [0.25, 0.3) is 33.3 Å². The Balaban J connectivity index is 0.00000220. The Labute approximate surface area is 301 Å². The molecule has 11 nitrogen and oxygen atoms in total. The van der Waals surface area contributed by atoms with E-state index in [9.17, 15) is 14.4 Å². The summed E-state index contributed by atoms with van der Waals surface area (Å²) >= 11 is 7.13. The Kier molecular flexibility index (Phi) is 10.3. The Morgan fingerprint density at radius 1 is 0.961 bits per heavy atom. The molecule has 4 heterocycles. The van der Waals surface area contributed by atoms with Gasteiger partial charge in [0.25, 0.3) is 5.56 Å². The Morgan fingerprint density at radius 3 is 2.35 bits per heavy atom. The van der Waals surface area contributed by atoms with E-state index in [-0.39, 0.29) is 11.9 Å². The van der Waals surface area contributed by atoms with Gasteiger partial charge in [0, 0.05) is 62.3 Å². The molecule has 1 N–H and O–H groups in total. The number of esters is 1. The van der Waals surface area contributed by atoms with E-state index in [0.717, 1.165) is 51.2 Å². The van der Waals surface area contributed by atoms with Crippen LogP contribution in [-0.4, -0.2) is 56.8 Å². The lowest BCUT2D eigenvalue weighted by atomic mass is 9.96. The number of carbonyl (C=O) groups is 1. The number of fused-ring (bicyclic) bond motifs is 2. The monoisotopic (exact) mass is 710 g/mol. The molecule has 1 saturated heterocycles. The van der Waals surface area contributed by atoms with E-state index in [2.05, 4.69) is 15.2 Å². The van der Waals surface area contributed by atoms with Gasteiger partial charge >= 0.3 is 11.7 Å². The summed E-state index contributed by atoms with van der Waals surface area (Å²) in [5, 5.41) is 4.20. The van der Waals surface area contributed by atoms with Gasteiger partial charge < -0.3 is 14.8 Å². The number of hydrogen-bond donors (Lipinski definition) is 1. The minimum absolute atomic E-state index is 0.0358. The number of aromatic nitrogens is 4. The smallest absolute Gasteiger partial charge is 0.330 e. The highest BCUT2D eigenvalue weighted by Crippen LogP contribution is 2.52. The van der Waals surface area contributed by atoms with Gasteiger partial charge in [-0.2, -0.15) is 0 Å². The molecule has 0 spiro atoms. The maximum atomic E-state index is 13.1. The van der Waals surface area contributed by atoms with Crippen molar-refractivity contribution in [3.8, 4) is 28.3 Å². The van der Waals surface area contributed by atoms with E-state index >= 15 is 0 Å². The minimum Gasteiger partial charge on any atom is -0.481 e. The fourth-order valence-corrected chi connectivity index (χ4v) is 7.56. The standard InChI is InChI=1S/C37H37ClN6O5.C2H6/c1-6-49-36(46)30-25-18-44(19-26(25)30)17-21-13-14-28(41-34(21)48-5)24-11-7-10-23(32(24)38)22-9-8-12-27(20(22)2)40-33-31-29(15-16-39-33)42(3)37(47)43(4)35(31)45;1-2/h7-16,25-26,30H,6,17-19H2,1-5H3,(H,39,40);1-2H3. The van der Waals surface area contributed by atoms with Crippen LogP contribution in [0.2, 0.25) is 5.02 Å². The molecule has 51 heavy (non-hydrogen) atoms. The zero-order valence-electron chi connectivity index (χ0n) is 30.0. The zero-order valence-corrected chi connectivity index (χ0v) is 30.7. The van der Waals surface area contributed by atoms with Crippen molar-refractivity contribution in [1.82, 2.24) is 24.0 Å². The van der Waals surface area contributed by atoms with E-state index in [1.54, 1.807) is 26.4 Å². The van der Waals surface area contributed by atoms with Crippen molar-refractivity contribution in [2.24, 2.45) is 31.8 Å². The normalized spacial score (nSPS) is 17.8. The maximum Gasteiger partial charge on any atom is 0.330 e. The van der Waals surface area contributed by atoms with Gasteiger partial charge in [-0.05, 0) is 55.0 Å². The van der Waals surface area contributed by atoms with E-state index < -0.39 is 11.2 Å². The zero-order chi connectivity index (χ0) is 36.6. The second-order valence-corrected chi connectivity index (χ2v) is 13.1. The second kappa shape index (κ2) is 14.7. The highest BCUT2D eigenvalue weighted by atomic mass is 35.5. The summed E-state index contributed by atoms with van der Waals surface area (Å²) in [5.74, 6) is 1.59. The number of rotatable bonds is 9. The highest BCUT2D eigenvalue weighted by molar-refractivity contribution is 6.36. The van der Waals surface area contributed by atoms with Crippen LogP contribution in [0, 0.1) is 24.7 Å². The Hall–Kier alpha value is -5.00. The van der Waals surface area contributed by atoms with Gasteiger partial charge in [-0.1, -0.05) is 61.8 Å². The molecule has 266 valence electrons. The molecule has 2 atom stereocenters. The molecule has 7 rings (SSSR count). The van der Waals surface area contributed by atoms with Gasteiger partial charge in [0.2, 0.25) is 5.88 Å². The summed E-state index contributed by atoms with van der Waals surface area (Å²) in [6.07, 6.45) is 1.57. The van der Waals surface area contributed by atoms with E-state index in [4.69, 9.17) is 26.1 Å². The van der Waals surface area contributed by atoms with Crippen LogP contribution in [0.3, 0.4) is 0 Å². The van der Waals surface area contributed by atoms with Crippen molar-refractivity contribution < 1.29 is 14.3 Å². The molecule has 0 radical (unpaired) electrons. The number of nitrogens with one attached hydrogen (secondary N) is 1. The fourth-order valence-electron chi connectivity index (χ4n) is 7.24. The summed E-state index contributed by atoms with van der Waals surface area (Å²) in [7, 11) is 4.71. The highest BCUT2D eigenvalue weighted by Gasteiger charge is 2.60. The number of pyridine rings is 2. The lowest BCUT2D eigenvalue weighted by Crippen LogP contribution is -2.37. The van der Waals surface area contributed by atoms with Crippen molar-refractivity contribution >= 4 is 40.0 Å². The van der Waals surface area contributed by atoms with Crippen molar-refractivity contribution in [3.63, 3.8) is 0 Å². The van der Waals surface area contributed by atoms with Crippen LogP contribution < -0.4 is 21.3 Å². The molecule has 2 aromatic carbocycles. The largest absolute Gasteiger partial charge is 0.481 e. The average Bonchev–Trinajstić information content (AvgIpc) is 3.66. The molecule has 2 aliphatic rings. The molecule has 5 aromatic rings. The van der Waals surface area contributed by atoms with Crippen LogP contribution in [0.5, 0.6) is 5.88 Å². The third-order valence-electron chi connectivity index (χ3n) is 9.89. The van der Waals surface area contributed by atoms with Gasteiger partial charge in [-0.25, -0.2) is 14.8 Å². The number of hydrogen-bond acceptors (Lipinski definition) is 9. The number of nitrogens with zero attached hydrogens (tertiary/aromatic N) is 5. The summed E-state index contributed by atoms with van der Waals surface area (Å²) in [5.41, 5.74) is 5.45. The van der Waals surface area contributed by atoms with Crippen molar-refractivity contribution in [3.05, 3.63) is 97.8 Å². The maximum absolute atomic E-state index is 13.1. The van der Waals surface area contributed by atoms with Crippen LogP contribution >= 0.6 is 11.6 Å². The molecular formula is C39H43ClN6O5. The molecule has 2 unspecified atom stereocenters. The number of aryl methyl sites for hydroxylation is 1. The summed E-state index contributed by atoms with van der Waals surface area (Å²) in [4.78, 5) is 49.5. The number of benzene rings is 2. The van der Waals surface area contributed by atoms with Gasteiger partial charge in [0.05, 0.1) is 35.9 Å². The average molecular weight is 711 g/mol. The molecule has 0 bridgehead atoms. The van der Waals surface area contributed by atoms with Crippen molar-refractivity contribution in [1.29, 1.82) is 0 Å². The molecule has 12 heteroatoms. The van der Waals surface area contributed by atoms with Gasteiger partial charge in [-0.3, -0.25) is 23.6 Å². The van der Waals surface area contributed by atoms with Gasteiger partial charge in [0.15, 0.2) is 0 Å². The number of methoxy groups -OCH3 is 1. The molecule has 1 saturated carbocycles. The lowest BCUT2D eigenvalue weighted by molar-refractivity contribution is -0.145. The van der Waals surface area contributed by atoms with Crippen LogP contribution in [0.15, 0.2) is 70.4 Å². The van der Waals surface area contributed by atoms with Gasteiger partial charge in [-0.15, -0.1) is 0 Å². The molecule has 1 aliphatic heterocycles. The number of ether oxygens (including phenoxy) is 2. The first-order valence-corrected chi connectivity index (χ1v) is 17.6. The lowest BCUT2D eigenvalue weighted by Gasteiger charge is -2.20. The number of anilines is 2. The molecule has 0 amide bonds. The summed E-state index contributed by atoms with van der Waals surface area (Å²) in [6.45, 7) is 10.6. The van der Waals surface area contributed by atoms with Crippen LogP contribution in [-0.2, 0) is 30.2 Å². The first kappa shape index (κ1) is 35.8. The number of piperidine rings is 1. The van der Waals surface area contributed by atoms with Crippen molar-refractivity contribution in [2.45, 2.75) is 34.2 Å². The van der Waals surface area contributed by atoms with Crippen molar-refractivity contribution in [2.75, 3.05) is 32.1 Å². The van der Waals surface area contributed by atoms with Gasteiger partial charge in [0.1, 0.15) is 11.2 Å². The first-order valence-electron chi connectivity index (χ1n) is 17.3. The number of carbonyl (C=O) groups excluding carboxylic acids is 1. The fraction of sp³-hybridized carbons (Fsp3) is 0.359. The molecular weight excluding hydrogens is 668 g/mol. The van der Waals surface area contributed by atoms with E-state index in [0.29, 0.717) is 58.3 Å². The third-order valence-corrected chi connectivity index (χ3v) is 10.3. The number of halogens is 1. The molecule has 2 fully saturated rings. The SMILES string of the molecule is CC.CCOC(=O)C1C2CN(Cc3ccc(-c4cccc(-c5cccc(Nc6nccc7c6c(=O)n(C)c(=O)n7C)c5C)c4Cl)nc3OC)CC21. The minimum atomic E-state index is -0.424.